The number of sulfone groups is 1. The number of nitrogens with zero attached hydrogens (tertiary/aromatic N) is 1. The SMILES string of the molecule is O=C(Oc1ccccc1)c1cncc(CS(=O)(=O)c2cc(Br)ccc2OC(F)(F)F)c1. The van der Waals surface area contributed by atoms with Crippen molar-refractivity contribution in [1.29, 1.82) is 0 Å². The summed E-state index contributed by atoms with van der Waals surface area (Å²) >= 11 is 3.04. The summed E-state index contributed by atoms with van der Waals surface area (Å²) in [5.74, 6) is -2.05. The van der Waals surface area contributed by atoms with Gasteiger partial charge in [0.15, 0.2) is 9.84 Å². The van der Waals surface area contributed by atoms with Gasteiger partial charge in [0.1, 0.15) is 16.4 Å². The molecule has 162 valence electrons. The Bertz CT molecular complexity index is 1200. The van der Waals surface area contributed by atoms with E-state index in [1.54, 1.807) is 30.3 Å². The molecule has 0 fully saturated rings. The van der Waals surface area contributed by atoms with Gasteiger partial charge in [-0.1, -0.05) is 34.1 Å². The third-order valence-electron chi connectivity index (χ3n) is 3.81. The first-order valence-electron chi connectivity index (χ1n) is 8.53. The number of carbonyl (C=O) groups is 1. The van der Waals surface area contributed by atoms with Crippen molar-refractivity contribution in [3.05, 3.63) is 82.6 Å². The summed E-state index contributed by atoms with van der Waals surface area (Å²) in [7, 11) is -4.29. The molecule has 3 rings (SSSR count). The van der Waals surface area contributed by atoms with Crippen molar-refractivity contribution >= 4 is 31.7 Å². The molecule has 0 N–H and O–H groups in total. The van der Waals surface area contributed by atoms with Crippen molar-refractivity contribution in [2.75, 3.05) is 0 Å². The van der Waals surface area contributed by atoms with E-state index in [0.717, 1.165) is 12.1 Å². The summed E-state index contributed by atoms with van der Waals surface area (Å²) < 4.78 is 72.9. The Morgan fingerprint density at radius 3 is 2.42 bits per heavy atom. The van der Waals surface area contributed by atoms with E-state index in [4.69, 9.17) is 4.74 Å². The lowest BCUT2D eigenvalue weighted by Crippen LogP contribution is -2.19. The van der Waals surface area contributed by atoms with Crippen LogP contribution in [-0.2, 0) is 15.6 Å². The summed E-state index contributed by atoms with van der Waals surface area (Å²) in [6.45, 7) is 0. The molecule has 6 nitrogen and oxygen atoms in total. The Kier molecular flexibility index (Phi) is 6.65. The van der Waals surface area contributed by atoms with Gasteiger partial charge in [-0.15, -0.1) is 13.2 Å². The predicted octanol–water partition coefficient (Wildman–Crippen LogP) is 4.94. The number of alkyl halides is 3. The molecular weight excluding hydrogens is 503 g/mol. The standard InChI is InChI=1S/C20H13BrF3NO5S/c21-15-6-7-17(30-20(22,23)24)18(9-15)31(27,28)12-13-8-14(11-25-10-13)19(26)29-16-4-2-1-3-5-16/h1-11H,12H2. The molecule has 0 spiro atoms. The van der Waals surface area contributed by atoms with Gasteiger partial charge < -0.3 is 9.47 Å². The second kappa shape index (κ2) is 9.06. The minimum absolute atomic E-state index is 0.0161. The molecule has 2 aromatic carbocycles. The molecule has 1 heterocycles. The first-order valence-corrected chi connectivity index (χ1v) is 11.0. The van der Waals surface area contributed by atoms with Crippen molar-refractivity contribution in [3.8, 4) is 11.5 Å². The lowest BCUT2D eigenvalue weighted by Gasteiger charge is -2.14. The van der Waals surface area contributed by atoms with Gasteiger partial charge in [-0.25, -0.2) is 13.2 Å². The highest BCUT2D eigenvalue weighted by atomic mass is 79.9. The molecule has 0 radical (unpaired) electrons. The minimum atomic E-state index is -5.07. The Morgan fingerprint density at radius 2 is 1.74 bits per heavy atom. The molecule has 0 aliphatic rings. The molecule has 0 amide bonds. The number of pyridine rings is 1. The van der Waals surface area contributed by atoms with E-state index < -0.39 is 38.6 Å². The van der Waals surface area contributed by atoms with Crippen LogP contribution in [0.3, 0.4) is 0 Å². The Balaban J connectivity index is 1.87. The van der Waals surface area contributed by atoms with Crippen LogP contribution in [-0.4, -0.2) is 25.7 Å². The van der Waals surface area contributed by atoms with E-state index in [1.165, 1.54) is 24.5 Å². The van der Waals surface area contributed by atoms with Crippen molar-refractivity contribution < 1.29 is 35.9 Å². The summed E-state index contributed by atoms with van der Waals surface area (Å²) in [6, 6.07) is 12.6. The van der Waals surface area contributed by atoms with Crippen LogP contribution in [0.4, 0.5) is 13.2 Å². The molecule has 0 saturated carbocycles. The van der Waals surface area contributed by atoms with Crippen LogP contribution in [0.5, 0.6) is 11.5 Å². The fourth-order valence-corrected chi connectivity index (χ4v) is 4.55. The molecule has 0 aliphatic carbocycles. The van der Waals surface area contributed by atoms with Gasteiger partial charge in [-0.2, -0.15) is 0 Å². The second-order valence-electron chi connectivity index (χ2n) is 6.18. The van der Waals surface area contributed by atoms with Crippen molar-refractivity contribution in [1.82, 2.24) is 4.98 Å². The molecule has 1 aromatic heterocycles. The van der Waals surface area contributed by atoms with Crippen LogP contribution in [0.1, 0.15) is 15.9 Å². The van der Waals surface area contributed by atoms with Gasteiger partial charge in [-0.05, 0) is 42.0 Å². The highest BCUT2D eigenvalue weighted by Gasteiger charge is 2.34. The summed E-state index contributed by atoms with van der Waals surface area (Å²) in [6.07, 6.45) is -2.68. The Morgan fingerprint density at radius 1 is 1.03 bits per heavy atom. The molecule has 0 bridgehead atoms. The quantitative estimate of drug-likeness (QED) is 0.341. The molecular formula is C20H13BrF3NO5S. The minimum Gasteiger partial charge on any atom is -0.423 e. The Labute approximate surface area is 183 Å². The van der Waals surface area contributed by atoms with E-state index in [2.05, 4.69) is 25.7 Å². The van der Waals surface area contributed by atoms with Crippen molar-refractivity contribution in [2.24, 2.45) is 0 Å². The van der Waals surface area contributed by atoms with Gasteiger partial charge in [-0.3, -0.25) is 4.98 Å². The fourth-order valence-electron chi connectivity index (χ4n) is 2.56. The van der Waals surface area contributed by atoms with E-state index in [0.29, 0.717) is 0 Å². The van der Waals surface area contributed by atoms with Gasteiger partial charge >= 0.3 is 12.3 Å². The lowest BCUT2D eigenvalue weighted by molar-refractivity contribution is -0.275. The highest BCUT2D eigenvalue weighted by molar-refractivity contribution is 9.10. The maximum absolute atomic E-state index is 12.8. The van der Waals surface area contributed by atoms with Gasteiger partial charge in [0.2, 0.25) is 0 Å². The number of hydrogen-bond donors (Lipinski definition) is 0. The predicted molar refractivity (Wildman–Crippen MR) is 107 cm³/mol. The lowest BCUT2D eigenvalue weighted by atomic mass is 10.2. The number of rotatable bonds is 6. The van der Waals surface area contributed by atoms with Gasteiger partial charge in [0.05, 0.1) is 11.3 Å². The third-order valence-corrected chi connectivity index (χ3v) is 6.00. The van der Waals surface area contributed by atoms with Crippen LogP contribution in [0.25, 0.3) is 0 Å². The van der Waals surface area contributed by atoms with Crippen LogP contribution >= 0.6 is 15.9 Å². The number of esters is 1. The number of hydrogen-bond acceptors (Lipinski definition) is 6. The van der Waals surface area contributed by atoms with E-state index in [9.17, 15) is 26.4 Å². The first-order chi connectivity index (χ1) is 14.5. The Hall–Kier alpha value is -2.92. The van der Waals surface area contributed by atoms with Crippen LogP contribution in [0.2, 0.25) is 0 Å². The number of aromatic nitrogens is 1. The number of para-hydroxylation sites is 1. The van der Waals surface area contributed by atoms with E-state index >= 15 is 0 Å². The topological polar surface area (TPSA) is 82.6 Å². The fraction of sp³-hybridized carbons (Fsp3) is 0.100. The van der Waals surface area contributed by atoms with Crippen LogP contribution < -0.4 is 9.47 Å². The number of carbonyl (C=O) groups excluding carboxylic acids is 1. The normalized spacial score (nSPS) is 11.7. The van der Waals surface area contributed by atoms with Crippen molar-refractivity contribution in [3.63, 3.8) is 0 Å². The van der Waals surface area contributed by atoms with Crippen LogP contribution in [0, 0.1) is 0 Å². The largest absolute Gasteiger partial charge is 0.573 e. The number of halogens is 4. The zero-order valence-corrected chi connectivity index (χ0v) is 17.9. The van der Waals surface area contributed by atoms with Crippen molar-refractivity contribution in [2.45, 2.75) is 17.0 Å². The first kappa shape index (κ1) is 22.8. The highest BCUT2D eigenvalue weighted by Crippen LogP contribution is 2.33. The maximum Gasteiger partial charge on any atom is 0.573 e. The monoisotopic (exact) mass is 515 g/mol. The molecule has 0 unspecified atom stereocenters. The average Bonchev–Trinajstić information content (AvgIpc) is 2.69. The molecule has 0 atom stereocenters. The zero-order chi connectivity index (χ0) is 22.6. The second-order valence-corrected chi connectivity index (χ2v) is 9.06. The summed E-state index contributed by atoms with van der Waals surface area (Å²) in [5, 5.41) is 0. The van der Waals surface area contributed by atoms with E-state index in [-0.39, 0.29) is 21.3 Å². The van der Waals surface area contributed by atoms with Crippen LogP contribution in [0.15, 0.2) is 76.4 Å². The summed E-state index contributed by atoms with van der Waals surface area (Å²) in [4.78, 5) is 15.5. The summed E-state index contributed by atoms with van der Waals surface area (Å²) in [5.41, 5.74) is 0.0676. The number of benzene rings is 2. The third kappa shape index (κ3) is 6.28. The average molecular weight is 516 g/mol. The van der Waals surface area contributed by atoms with Gasteiger partial charge in [0, 0.05) is 16.9 Å². The maximum atomic E-state index is 12.8. The smallest absolute Gasteiger partial charge is 0.423 e. The molecule has 11 heteroatoms. The molecule has 0 aliphatic heterocycles. The number of ether oxygens (including phenoxy) is 2. The van der Waals surface area contributed by atoms with E-state index in [1.807, 2.05) is 0 Å². The zero-order valence-electron chi connectivity index (χ0n) is 15.5. The molecule has 0 saturated heterocycles. The molecule has 31 heavy (non-hydrogen) atoms. The van der Waals surface area contributed by atoms with Gasteiger partial charge in [0.25, 0.3) is 0 Å². The molecule has 3 aromatic rings.